The molecule has 0 saturated carbocycles. The van der Waals surface area contributed by atoms with Gasteiger partial charge in [-0.05, 0) is 43.0 Å². The van der Waals surface area contributed by atoms with Gasteiger partial charge in [0, 0.05) is 44.0 Å². The minimum absolute atomic E-state index is 0.0420. The van der Waals surface area contributed by atoms with Gasteiger partial charge in [0.2, 0.25) is 5.91 Å². The van der Waals surface area contributed by atoms with Crippen molar-refractivity contribution in [1.29, 1.82) is 0 Å². The molecule has 2 aromatic rings. The van der Waals surface area contributed by atoms with Crippen LogP contribution in [-0.2, 0) is 11.2 Å². The largest absolute Gasteiger partial charge is 0.342 e. The minimum Gasteiger partial charge on any atom is -0.342 e. The molecule has 1 saturated heterocycles. The van der Waals surface area contributed by atoms with Gasteiger partial charge in [-0.15, -0.1) is 0 Å². The molecule has 3 heterocycles. The number of ketones is 1. The summed E-state index contributed by atoms with van der Waals surface area (Å²) >= 11 is 0. The van der Waals surface area contributed by atoms with Crippen LogP contribution in [0.3, 0.4) is 0 Å². The molecular formula is C19H21N3O2. The van der Waals surface area contributed by atoms with E-state index in [0.29, 0.717) is 25.1 Å². The van der Waals surface area contributed by atoms with Gasteiger partial charge in [0.05, 0.1) is 0 Å². The third kappa shape index (κ3) is 4.04. The van der Waals surface area contributed by atoms with E-state index in [1.54, 1.807) is 30.7 Å². The Hall–Kier alpha value is -2.56. The number of piperidine rings is 1. The summed E-state index contributed by atoms with van der Waals surface area (Å²) in [5.41, 5.74) is 1.55. The Bertz CT molecular complexity index is 688. The summed E-state index contributed by atoms with van der Waals surface area (Å²) in [5, 5.41) is 0. The van der Waals surface area contributed by atoms with Gasteiger partial charge in [0.1, 0.15) is 5.69 Å². The van der Waals surface area contributed by atoms with Gasteiger partial charge in [-0.25, -0.2) is 0 Å². The third-order valence-corrected chi connectivity index (χ3v) is 4.41. The molecule has 0 aromatic carbocycles. The molecule has 124 valence electrons. The Morgan fingerprint density at radius 3 is 2.83 bits per heavy atom. The summed E-state index contributed by atoms with van der Waals surface area (Å²) in [6, 6.07) is 9.21. The summed E-state index contributed by atoms with van der Waals surface area (Å²) in [5.74, 6) is 0.00808. The molecular weight excluding hydrogens is 302 g/mol. The van der Waals surface area contributed by atoms with Gasteiger partial charge >= 0.3 is 0 Å². The maximum Gasteiger partial charge on any atom is 0.222 e. The highest BCUT2D eigenvalue weighted by Gasteiger charge is 2.29. The first-order valence-electron chi connectivity index (χ1n) is 8.36. The van der Waals surface area contributed by atoms with E-state index in [9.17, 15) is 9.59 Å². The van der Waals surface area contributed by atoms with Crippen molar-refractivity contribution in [2.24, 2.45) is 5.92 Å². The van der Waals surface area contributed by atoms with Crippen molar-refractivity contribution in [3.63, 3.8) is 0 Å². The zero-order chi connectivity index (χ0) is 16.8. The zero-order valence-corrected chi connectivity index (χ0v) is 13.6. The van der Waals surface area contributed by atoms with E-state index < -0.39 is 0 Å². The highest BCUT2D eigenvalue weighted by Crippen LogP contribution is 2.21. The highest BCUT2D eigenvalue weighted by molar-refractivity contribution is 5.96. The van der Waals surface area contributed by atoms with Crippen LogP contribution in [0.15, 0.2) is 48.9 Å². The lowest BCUT2D eigenvalue weighted by molar-refractivity contribution is -0.132. The normalized spacial score (nSPS) is 17.5. The SMILES string of the molecule is O=C(c1ccccn1)C1CCCN(C(=O)CCc2cccnc2)C1. The summed E-state index contributed by atoms with van der Waals surface area (Å²) < 4.78 is 0. The van der Waals surface area contributed by atoms with Crippen molar-refractivity contribution in [2.45, 2.75) is 25.7 Å². The number of carbonyl (C=O) groups excluding carboxylic acids is 2. The first-order valence-corrected chi connectivity index (χ1v) is 8.36. The van der Waals surface area contributed by atoms with Crippen molar-refractivity contribution in [3.8, 4) is 0 Å². The molecule has 0 radical (unpaired) electrons. The van der Waals surface area contributed by atoms with E-state index in [0.717, 1.165) is 24.9 Å². The number of aryl methyl sites for hydroxylation is 1. The van der Waals surface area contributed by atoms with Crippen molar-refractivity contribution in [2.75, 3.05) is 13.1 Å². The van der Waals surface area contributed by atoms with Crippen molar-refractivity contribution in [3.05, 3.63) is 60.2 Å². The predicted molar refractivity (Wildman–Crippen MR) is 90.4 cm³/mol. The van der Waals surface area contributed by atoms with Gasteiger partial charge in [0.25, 0.3) is 0 Å². The maximum absolute atomic E-state index is 12.5. The van der Waals surface area contributed by atoms with Crippen LogP contribution in [0.5, 0.6) is 0 Å². The van der Waals surface area contributed by atoms with Gasteiger partial charge in [-0.2, -0.15) is 0 Å². The first-order chi connectivity index (χ1) is 11.7. The number of aromatic nitrogens is 2. The van der Waals surface area contributed by atoms with Crippen molar-refractivity contribution in [1.82, 2.24) is 14.9 Å². The highest BCUT2D eigenvalue weighted by atomic mass is 16.2. The number of nitrogens with zero attached hydrogens (tertiary/aromatic N) is 3. The van der Waals surface area contributed by atoms with Crippen molar-refractivity contribution >= 4 is 11.7 Å². The molecule has 0 bridgehead atoms. The quantitative estimate of drug-likeness (QED) is 0.793. The number of Topliss-reactive ketones (excluding diaryl/α,β-unsaturated/α-hetero) is 1. The fraction of sp³-hybridized carbons (Fsp3) is 0.368. The summed E-state index contributed by atoms with van der Waals surface area (Å²) in [7, 11) is 0. The summed E-state index contributed by atoms with van der Waals surface area (Å²) in [6.07, 6.45) is 7.97. The predicted octanol–water partition coefficient (Wildman–Crippen LogP) is 2.53. The molecule has 0 spiro atoms. The lowest BCUT2D eigenvalue weighted by Gasteiger charge is -2.32. The molecule has 3 rings (SSSR count). The number of carbonyl (C=O) groups is 2. The van der Waals surface area contributed by atoms with E-state index in [-0.39, 0.29) is 17.6 Å². The van der Waals surface area contributed by atoms with Crippen molar-refractivity contribution < 1.29 is 9.59 Å². The van der Waals surface area contributed by atoms with E-state index in [4.69, 9.17) is 0 Å². The Kier molecular flexibility index (Phi) is 5.31. The lowest BCUT2D eigenvalue weighted by Crippen LogP contribution is -2.42. The molecule has 0 N–H and O–H groups in total. The summed E-state index contributed by atoms with van der Waals surface area (Å²) in [6.45, 7) is 1.24. The molecule has 1 aliphatic heterocycles. The van der Waals surface area contributed by atoms with Crippen LogP contribution in [0.1, 0.15) is 35.3 Å². The number of rotatable bonds is 5. The van der Waals surface area contributed by atoms with Gasteiger partial charge in [0.15, 0.2) is 5.78 Å². The van der Waals surface area contributed by atoms with E-state index in [1.165, 1.54) is 0 Å². The topological polar surface area (TPSA) is 63.2 Å². The van der Waals surface area contributed by atoms with Gasteiger partial charge < -0.3 is 4.90 Å². The molecule has 5 heteroatoms. The molecule has 1 unspecified atom stereocenters. The number of likely N-dealkylation sites (tertiary alicyclic amines) is 1. The van der Waals surface area contributed by atoms with E-state index in [1.807, 2.05) is 23.1 Å². The summed E-state index contributed by atoms with van der Waals surface area (Å²) in [4.78, 5) is 35.0. The standard InChI is InChI=1S/C19H21N3O2/c23-18(9-8-15-5-3-10-20-13-15)22-12-4-6-16(14-22)19(24)17-7-1-2-11-21-17/h1-3,5,7,10-11,13,16H,4,6,8-9,12,14H2. The molecule has 24 heavy (non-hydrogen) atoms. The number of pyridine rings is 2. The second kappa shape index (κ2) is 7.81. The van der Waals surface area contributed by atoms with Gasteiger partial charge in [-0.1, -0.05) is 12.1 Å². The Balaban J connectivity index is 1.57. The Morgan fingerprint density at radius 1 is 1.17 bits per heavy atom. The first kappa shape index (κ1) is 16.3. The van der Waals surface area contributed by atoms with Crippen LogP contribution in [-0.4, -0.2) is 39.6 Å². The molecule has 1 aliphatic rings. The zero-order valence-electron chi connectivity index (χ0n) is 13.6. The number of hydrogen-bond donors (Lipinski definition) is 0. The smallest absolute Gasteiger partial charge is 0.222 e. The van der Waals surface area contributed by atoms with E-state index >= 15 is 0 Å². The third-order valence-electron chi connectivity index (χ3n) is 4.41. The maximum atomic E-state index is 12.5. The molecule has 2 aromatic heterocycles. The van der Waals surface area contributed by atoms with Crippen LogP contribution in [0.4, 0.5) is 0 Å². The number of amides is 1. The molecule has 1 atom stereocenters. The van der Waals surface area contributed by atoms with Crippen LogP contribution in [0.25, 0.3) is 0 Å². The lowest BCUT2D eigenvalue weighted by atomic mass is 9.91. The van der Waals surface area contributed by atoms with Gasteiger partial charge in [-0.3, -0.25) is 19.6 Å². The average Bonchev–Trinajstić information content (AvgIpc) is 2.67. The van der Waals surface area contributed by atoms with E-state index in [2.05, 4.69) is 9.97 Å². The second-order valence-electron chi connectivity index (χ2n) is 6.12. The minimum atomic E-state index is -0.143. The molecule has 1 amide bonds. The fourth-order valence-electron chi connectivity index (χ4n) is 3.09. The average molecular weight is 323 g/mol. The molecule has 1 fully saturated rings. The van der Waals surface area contributed by atoms with Crippen LogP contribution in [0, 0.1) is 5.92 Å². The van der Waals surface area contributed by atoms with Crippen LogP contribution in [0.2, 0.25) is 0 Å². The molecule has 0 aliphatic carbocycles. The Morgan fingerprint density at radius 2 is 2.08 bits per heavy atom. The fourth-order valence-corrected chi connectivity index (χ4v) is 3.09. The van der Waals surface area contributed by atoms with Crippen LogP contribution >= 0.6 is 0 Å². The number of hydrogen-bond acceptors (Lipinski definition) is 4. The monoisotopic (exact) mass is 323 g/mol. The molecule has 5 nitrogen and oxygen atoms in total. The second-order valence-corrected chi connectivity index (χ2v) is 6.12. The van der Waals surface area contributed by atoms with Crippen LogP contribution < -0.4 is 0 Å². The Labute approximate surface area is 141 Å².